The Morgan fingerprint density at radius 2 is 2.00 bits per heavy atom. The summed E-state index contributed by atoms with van der Waals surface area (Å²) < 4.78 is 0. The Hall–Kier alpha value is -1.50. The average Bonchev–Trinajstić information content (AvgIpc) is 2.20. The van der Waals surface area contributed by atoms with Gasteiger partial charge in [-0.15, -0.1) is 12.3 Å². The number of amides is 1. The van der Waals surface area contributed by atoms with E-state index in [1.165, 1.54) is 4.90 Å². The molecule has 0 rings (SSSR count). The van der Waals surface area contributed by atoms with Gasteiger partial charge in [-0.2, -0.15) is 0 Å². The van der Waals surface area contributed by atoms with E-state index < -0.39 is 5.97 Å². The number of rotatable bonds is 7. The number of terminal acetylenes is 1. The van der Waals surface area contributed by atoms with Crippen LogP contribution >= 0.6 is 0 Å². The third-order valence-corrected chi connectivity index (χ3v) is 2.05. The lowest BCUT2D eigenvalue weighted by Crippen LogP contribution is -2.28. The van der Waals surface area contributed by atoms with Crippen LogP contribution in [0.3, 0.4) is 0 Å². The minimum Gasteiger partial charge on any atom is -0.481 e. The lowest BCUT2D eigenvalue weighted by atomic mass is 10.2. The van der Waals surface area contributed by atoms with Crippen molar-refractivity contribution in [3.63, 3.8) is 0 Å². The first kappa shape index (κ1) is 13.5. The predicted octanol–water partition coefficient (Wildman–Crippen LogP) is 1.11. The molecule has 0 unspecified atom stereocenters. The highest BCUT2D eigenvalue weighted by Gasteiger charge is 2.09. The Kier molecular flexibility index (Phi) is 7.08. The van der Waals surface area contributed by atoms with Crippen LogP contribution in [0.2, 0.25) is 0 Å². The third kappa shape index (κ3) is 7.56. The molecule has 0 aromatic rings. The second-order valence-corrected chi connectivity index (χ2v) is 3.37. The smallest absolute Gasteiger partial charge is 0.305 e. The molecule has 15 heavy (non-hydrogen) atoms. The molecule has 1 N–H and O–H groups in total. The normalized spacial score (nSPS) is 9.33. The van der Waals surface area contributed by atoms with E-state index in [0.29, 0.717) is 12.8 Å². The van der Waals surface area contributed by atoms with Crippen molar-refractivity contribution in [1.82, 2.24) is 4.90 Å². The highest BCUT2D eigenvalue weighted by molar-refractivity contribution is 5.76. The van der Waals surface area contributed by atoms with Gasteiger partial charge in [0, 0.05) is 26.4 Å². The van der Waals surface area contributed by atoms with E-state index in [4.69, 9.17) is 11.5 Å². The van der Waals surface area contributed by atoms with Crippen molar-refractivity contribution in [3.05, 3.63) is 0 Å². The quantitative estimate of drug-likeness (QED) is 0.507. The summed E-state index contributed by atoms with van der Waals surface area (Å²) >= 11 is 0. The van der Waals surface area contributed by atoms with E-state index in [0.717, 1.165) is 12.8 Å². The summed E-state index contributed by atoms with van der Waals surface area (Å²) in [6, 6.07) is 0. The first-order chi connectivity index (χ1) is 7.07. The van der Waals surface area contributed by atoms with E-state index in [1.54, 1.807) is 7.05 Å². The van der Waals surface area contributed by atoms with Crippen LogP contribution in [0, 0.1) is 12.3 Å². The second-order valence-electron chi connectivity index (χ2n) is 3.37. The largest absolute Gasteiger partial charge is 0.481 e. The lowest BCUT2D eigenvalue weighted by molar-refractivity contribution is -0.138. The first-order valence-corrected chi connectivity index (χ1v) is 4.97. The summed E-state index contributed by atoms with van der Waals surface area (Å²) in [5, 5.41) is 8.43. The minimum atomic E-state index is -0.887. The molecule has 0 atom stereocenters. The van der Waals surface area contributed by atoms with Gasteiger partial charge in [0.05, 0.1) is 6.42 Å². The monoisotopic (exact) mass is 211 g/mol. The molecule has 0 saturated carbocycles. The zero-order valence-electron chi connectivity index (χ0n) is 9.03. The highest BCUT2D eigenvalue weighted by Crippen LogP contribution is 2.02. The van der Waals surface area contributed by atoms with Gasteiger partial charge in [0.1, 0.15) is 0 Å². The van der Waals surface area contributed by atoms with Gasteiger partial charge in [0.25, 0.3) is 0 Å². The van der Waals surface area contributed by atoms with E-state index in [9.17, 15) is 9.59 Å². The fraction of sp³-hybridized carbons (Fsp3) is 0.636. The van der Waals surface area contributed by atoms with E-state index in [1.807, 2.05) is 0 Å². The molecule has 0 fully saturated rings. The lowest BCUT2D eigenvalue weighted by Gasteiger charge is -2.15. The van der Waals surface area contributed by atoms with Crippen LogP contribution in [-0.2, 0) is 9.59 Å². The van der Waals surface area contributed by atoms with Gasteiger partial charge in [-0.3, -0.25) is 9.59 Å². The van der Waals surface area contributed by atoms with Gasteiger partial charge in [-0.25, -0.2) is 0 Å². The first-order valence-electron chi connectivity index (χ1n) is 4.97. The van der Waals surface area contributed by atoms with Crippen molar-refractivity contribution in [2.24, 2.45) is 0 Å². The molecule has 0 aliphatic heterocycles. The van der Waals surface area contributed by atoms with Gasteiger partial charge < -0.3 is 10.0 Å². The predicted molar refractivity (Wildman–Crippen MR) is 57.2 cm³/mol. The molecule has 0 radical (unpaired) electrons. The summed E-state index contributed by atoms with van der Waals surface area (Å²) in [5.41, 5.74) is 0. The van der Waals surface area contributed by atoms with Crippen LogP contribution < -0.4 is 0 Å². The Labute approximate surface area is 90.3 Å². The Bertz CT molecular complexity index is 255. The maximum Gasteiger partial charge on any atom is 0.305 e. The van der Waals surface area contributed by atoms with Crippen molar-refractivity contribution in [1.29, 1.82) is 0 Å². The molecule has 0 saturated heterocycles. The van der Waals surface area contributed by atoms with E-state index >= 15 is 0 Å². The van der Waals surface area contributed by atoms with Crippen LogP contribution in [0.1, 0.15) is 32.1 Å². The molecule has 84 valence electrons. The third-order valence-electron chi connectivity index (χ3n) is 2.05. The Morgan fingerprint density at radius 3 is 2.53 bits per heavy atom. The summed E-state index contributed by atoms with van der Waals surface area (Å²) in [6.07, 6.45) is 7.80. The number of carbonyl (C=O) groups excluding carboxylic acids is 1. The number of unbranched alkanes of at least 4 members (excludes halogenated alkanes) is 2. The zero-order chi connectivity index (χ0) is 11.7. The zero-order valence-corrected chi connectivity index (χ0v) is 9.03. The number of hydrogen-bond donors (Lipinski definition) is 1. The molecular weight excluding hydrogens is 194 g/mol. The van der Waals surface area contributed by atoms with Gasteiger partial charge >= 0.3 is 5.97 Å². The van der Waals surface area contributed by atoms with Gasteiger partial charge in [0.15, 0.2) is 0 Å². The molecule has 0 spiro atoms. The van der Waals surface area contributed by atoms with Crippen LogP contribution in [0.25, 0.3) is 0 Å². The minimum absolute atomic E-state index is 0.00735. The van der Waals surface area contributed by atoms with Gasteiger partial charge in [0.2, 0.25) is 5.91 Å². The molecule has 4 nitrogen and oxygen atoms in total. The highest BCUT2D eigenvalue weighted by atomic mass is 16.4. The molecule has 0 heterocycles. The number of aliphatic carboxylic acids is 1. The Morgan fingerprint density at radius 1 is 1.33 bits per heavy atom. The fourth-order valence-corrected chi connectivity index (χ4v) is 1.08. The number of carboxylic acids is 1. The maximum absolute atomic E-state index is 11.4. The molecule has 0 aromatic heterocycles. The van der Waals surface area contributed by atoms with Crippen molar-refractivity contribution in [3.8, 4) is 12.3 Å². The maximum atomic E-state index is 11.4. The number of nitrogens with zero attached hydrogens (tertiary/aromatic N) is 1. The van der Waals surface area contributed by atoms with Crippen molar-refractivity contribution in [2.45, 2.75) is 32.1 Å². The van der Waals surface area contributed by atoms with Gasteiger partial charge in [-0.1, -0.05) is 0 Å². The Balaban J connectivity index is 3.61. The topological polar surface area (TPSA) is 57.6 Å². The molecule has 1 amide bonds. The summed E-state index contributed by atoms with van der Waals surface area (Å²) in [4.78, 5) is 23.1. The summed E-state index contributed by atoms with van der Waals surface area (Å²) in [7, 11) is 1.62. The molecule has 0 bridgehead atoms. The number of carbonyl (C=O) groups is 2. The average molecular weight is 211 g/mol. The van der Waals surface area contributed by atoms with E-state index in [2.05, 4.69) is 5.92 Å². The van der Waals surface area contributed by atoms with Crippen LogP contribution in [0.15, 0.2) is 0 Å². The SMILES string of the molecule is C#CCCCCC(=O)N(C)CCC(=O)O. The molecule has 0 aliphatic carbocycles. The fourth-order valence-electron chi connectivity index (χ4n) is 1.08. The summed E-state index contributed by atoms with van der Waals surface area (Å²) in [6.45, 7) is 0.267. The second kappa shape index (κ2) is 7.86. The molecule has 4 heteroatoms. The van der Waals surface area contributed by atoms with Crippen LogP contribution in [-0.4, -0.2) is 35.5 Å². The molecule has 0 aromatic carbocycles. The number of hydrogen-bond acceptors (Lipinski definition) is 2. The molecular formula is C11H17NO3. The van der Waals surface area contributed by atoms with Crippen LogP contribution in [0.5, 0.6) is 0 Å². The standard InChI is InChI=1S/C11H17NO3/c1-3-4-5-6-7-10(13)12(2)9-8-11(14)15/h1H,4-9H2,2H3,(H,14,15). The number of carboxylic acid groups (broad SMARTS) is 1. The summed E-state index contributed by atoms with van der Waals surface area (Å²) in [5.74, 6) is 1.60. The van der Waals surface area contributed by atoms with Crippen molar-refractivity contribution >= 4 is 11.9 Å². The van der Waals surface area contributed by atoms with Crippen LogP contribution in [0.4, 0.5) is 0 Å². The van der Waals surface area contributed by atoms with Crippen molar-refractivity contribution < 1.29 is 14.7 Å². The van der Waals surface area contributed by atoms with Gasteiger partial charge in [-0.05, 0) is 12.8 Å². The van der Waals surface area contributed by atoms with E-state index in [-0.39, 0.29) is 18.9 Å². The molecule has 0 aliphatic rings. The van der Waals surface area contributed by atoms with Crippen molar-refractivity contribution in [2.75, 3.05) is 13.6 Å².